The minimum atomic E-state index is -0.168. The molecule has 2 amide bonds. The van der Waals surface area contributed by atoms with Crippen LogP contribution in [0.1, 0.15) is 53.6 Å². The van der Waals surface area contributed by atoms with Crippen LogP contribution in [-0.2, 0) is 9.59 Å². The Labute approximate surface area is 173 Å². The fourth-order valence-electron chi connectivity index (χ4n) is 3.52. The second-order valence-corrected chi connectivity index (χ2v) is 7.82. The van der Waals surface area contributed by atoms with Crippen LogP contribution in [0, 0.1) is 20.8 Å². The van der Waals surface area contributed by atoms with Gasteiger partial charge in [0.25, 0.3) is 5.91 Å². The van der Waals surface area contributed by atoms with E-state index in [1.54, 1.807) is 19.0 Å². The highest BCUT2D eigenvalue weighted by atomic mass is 16.2. The van der Waals surface area contributed by atoms with Gasteiger partial charge in [0.2, 0.25) is 5.91 Å². The van der Waals surface area contributed by atoms with E-state index in [0.29, 0.717) is 12.8 Å². The monoisotopic (exact) mass is 391 g/mol. The molecule has 2 aromatic carbocycles. The van der Waals surface area contributed by atoms with E-state index >= 15 is 0 Å². The first-order valence-corrected chi connectivity index (χ1v) is 10.1. The Morgan fingerprint density at radius 1 is 1.07 bits per heavy atom. The molecule has 5 nitrogen and oxygen atoms in total. The SMILES string of the molecule is CCC(=O)N(C)CC(=O)N1N=C(c2ccc(C)c(C)c2)C[C@H]1c1ccc(C)cc1. The van der Waals surface area contributed by atoms with Crippen LogP contribution in [0.15, 0.2) is 47.6 Å². The first-order chi connectivity index (χ1) is 13.8. The van der Waals surface area contributed by atoms with Crippen LogP contribution in [0.4, 0.5) is 0 Å². The molecule has 0 bridgehead atoms. The van der Waals surface area contributed by atoms with Crippen LogP contribution >= 0.6 is 0 Å². The largest absolute Gasteiger partial charge is 0.336 e. The van der Waals surface area contributed by atoms with Crippen LogP contribution in [-0.4, -0.2) is 41.0 Å². The molecule has 1 aliphatic rings. The fourth-order valence-corrected chi connectivity index (χ4v) is 3.52. The van der Waals surface area contributed by atoms with Crippen molar-refractivity contribution in [3.8, 4) is 0 Å². The van der Waals surface area contributed by atoms with Crippen LogP contribution in [0.25, 0.3) is 0 Å². The lowest BCUT2D eigenvalue weighted by Gasteiger charge is -2.24. The lowest BCUT2D eigenvalue weighted by molar-refractivity contribution is -0.140. The number of likely N-dealkylation sites (N-methyl/N-ethyl adjacent to an activating group) is 1. The number of amides is 2. The maximum absolute atomic E-state index is 13.0. The number of nitrogens with zero attached hydrogens (tertiary/aromatic N) is 3. The predicted octanol–water partition coefficient (Wildman–Crippen LogP) is 4.16. The molecule has 1 aliphatic heterocycles. The van der Waals surface area contributed by atoms with E-state index in [1.165, 1.54) is 21.6 Å². The third kappa shape index (κ3) is 4.56. The Bertz CT molecular complexity index is 947. The van der Waals surface area contributed by atoms with Crippen molar-refractivity contribution in [3.05, 3.63) is 70.3 Å². The Morgan fingerprint density at radius 2 is 1.76 bits per heavy atom. The number of hydrogen-bond donors (Lipinski definition) is 0. The number of aryl methyl sites for hydroxylation is 3. The summed E-state index contributed by atoms with van der Waals surface area (Å²) >= 11 is 0. The van der Waals surface area contributed by atoms with Crippen molar-refractivity contribution < 1.29 is 9.59 Å². The average Bonchev–Trinajstić information content (AvgIpc) is 3.15. The van der Waals surface area contributed by atoms with Gasteiger partial charge < -0.3 is 4.90 Å². The third-order valence-corrected chi connectivity index (χ3v) is 5.57. The Hall–Kier alpha value is -2.95. The smallest absolute Gasteiger partial charge is 0.262 e. The van der Waals surface area contributed by atoms with Gasteiger partial charge in [-0.25, -0.2) is 5.01 Å². The summed E-state index contributed by atoms with van der Waals surface area (Å²) in [6, 6.07) is 14.3. The summed E-state index contributed by atoms with van der Waals surface area (Å²) in [6.45, 7) is 8.04. The molecule has 0 aromatic heterocycles. The normalized spacial score (nSPS) is 16.0. The van der Waals surface area contributed by atoms with Crippen molar-refractivity contribution in [3.63, 3.8) is 0 Å². The number of rotatable bonds is 5. The van der Waals surface area contributed by atoms with E-state index in [0.717, 1.165) is 16.8 Å². The first kappa shape index (κ1) is 20.8. The number of hydrazone groups is 1. The van der Waals surface area contributed by atoms with E-state index in [-0.39, 0.29) is 24.4 Å². The number of carbonyl (C=O) groups excluding carboxylic acids is 2. The van der Waals surface area contributed by atoms with Gasteiger partial charge in [-0.15, -0.1) is 0 Å². The van der Waals surface area contributed by atoms with Crippen LogP contribution in [0.2, 0.25) is 0 Å². The highest BCUT2D eigenvalue weighted by Crippen LogP contribution is 2.33. The summed E-state index contributed by atoms with van der Waals surface area (Å²) in [5, 5.41) is 6.27. The van der Waals surface area contributed by atoms with E-state index in [2.05, 4.69) is 56.3 Å². The first-order valence-electron chi connectivity index (χ1n) is 10.1. The number of carbonyl (C=O) groups is 2. The Balaban J connectivity index is 1.92. The van der Waals surface area contributed by atoms with Gasteiger partial charge in [-0.3, -0.25) is 9.59 Å². The van der Waals surface area contributed by atoms with Crippen LogP contribution in [0.3, 0.4) is 0 Å². The van der Waals surface area contributed by atoms with Crippen molar-refractivity contribution in [2.45, 2.75) is 46.6 Å². The molecule has 29 heavy (non-hydrogen) atoms. The molecule has 0 aliphatic carbocycles. The highest BCUT2D eigenvalue weighted by Gasteiger charge is 2.33. The van der Waals surface area contributed by atoms with Gasteiger partial charge in [0.15, 0.2) is 0 Å². The van der Waals surface area contributed by atoms with Gasteiger partial charge in [-0.2, -0.15) is 5.10 Å². The molecule has 1 heterocycles. The summed E-state index contributed by atoms with van der Waals surface area (Å²) in [7, 11) is 1.66. The molecule has 5 heteroatoms. The lowest BCUT2D eigenvalue weighted by Crippen LogP contribution is -2.38. The van der Waals surface area contributed by atoms with Gasteiger partial charge in [0.1, 0.15) is 6.54 Å². The quantitative estimate of drug-likeness (QED) is 0.769. The van der Waals surface area contributed by atoms with Crippen molar-refractivity contribution in [1.82, 2.24) is 9.91 Å². The van der Waals surface area contributed by atoms with Gasteiger partial charge in [-0.1, -0.05) is 48.9 Å². The molecule has 3 rings (SSSR count). The second kappa shape index (κ2) is 8.60. The van der Waals surface area contributed by atoms with Crippen molar-refractivity contribution >= 4 is 17.5 Å². The van der Waals surface area contributed by atoms with Crippen molar-refractivity contribution in [2.75, 3.05) is 13.6 Å². The fraction of sp³-hybridized carbons (Fsp3) is 0.375. The zero-order valence-electron chi connectivity index (χ0n) is 17.9. The summed E-state index contributed by atoms with van der Waals surface area (Å²) < 4.78 is 0. The summed E-state index contributed by atoms with van der Waals surface area (Å²) in [5.74, 6) is -0.221. The maximum atomic E-state index is 13.0. The zero-order chi connectivity index (χ0) is 21.1. The average molecular weight is 392 g/mol. The maximum Gasteiger partial charge on any atom is 0.262 e. The Kier molecular flexibility index (Phi) is 6.16. The molecule has 0 unspecified atom stereocenters. The van der Waals surface area contributed by atoms with E-state index < -0.39 is 0 Å². The van der Waals surface area contributed by atoms with Crippen LogP contribution in [0.5, 0.6) is 0 Å². The number of hydrogen-bond acceptors (Lipinski definition) is 3. The molecule has 0 saturated heterocycles. The molecule has 0 radical (unpaired) electrons. The summed E-state index contributed by atoms with van der Waals surface area (Å²) in [4.78, 5) is 26.4. The molecule has 0 saturated carbocycles. The minimum Gasteiger partial charge on any atom is -0.336 e. The van der Waals surface area contributed by atoms with Gasteiger partial charge in [0.05, 0.1) is 11.8 Å². The van der Waals surface area contributed by atoms with Gasteiger partial charge in [0, 0.05) is 19.9 Å². The molecular weight excluding hydrogens is 362 g/mol. The van der Waals surface area contributed by atoms with Gasteiger partial charge in [-0.05, 0) is 49.1 Å². The molecule has 1 atom stereocenters. The molecule has 0 spiro atoms. The lowest BCUT2D eigenvalue weighted by atomic mass is 9.96. The highest BCUT2D eigenvalue weighted by molar-refractivity contribution is 6.03. The number of benzene rings is 2. The molecule has 152 valence electrons. The zero-order valence-corrected chi connectivity index (χ0v) is 17.9. The second-order valence-electron chi connectivity index (χ2n) is 7.82. The summed E-state index contributed by atoms with van der Waals surface area (Å²) in [5.41, 5.74) is 6.60. The van der Waals surface area contributed by atoms with Gasteiger partial charge >= 0.3 is 0 Å². The third-order valence-electron chi connectivity index (χ3n) is 5.57. The molecular formula is C24H29N3O2. The molecule has 0 fully saturated rings. The predicted molar refractivity (Wildman–Crippen MR) is 116 cm³/mol. The molecule has 2 aromatic rings. The van der Waals surface area contributed by atoms with E-state index in [9.17, 15) is 9.59 Å². The molecule has 0 N–H and O–H groups in total. The Morgan fingerprint density at radius 3 is 2.38 bits per heavy atom. The van der Waals surface area contributed by atoms with Crippen molar-refractivity contribution in [1.29, 1.82) is 0 Å². The van der Waals surface area contributed by atoms with Crippen LogP contribution < -0.4 is 0 Å². The topological polar surface area (TPSA) is 53.0 Å². The standard InChI is InChI=1S/C24H29N3O2/c1-6-23(28)26(5)15-24(29)27-22(19-10-7-16(2)8-11-19)14-21(25-27)20-12-9-17(3)18(4)13-20/h7-13,22H,6,14-15H2,1-5H3/t22-/m0/s1. The van der Waals surface area contributed by atoms with E-state index in [4.69, 9.17) is 5.10 Å². The summed E-state index contributed by atoms with van der Waals surface area (Å²) in [6.07, 6.45) is 1.03. The van der Waals surface area contributed by atoms with E-state index in [1.807, 2.05) is 6.92 Å². The van der Waals surface area contributed by atoms with Crippen molar-refractivity contribution in [2.24, 2.45) is 5.10 Å². The minimum absolute atomic E-state index is 0.0265.